The summed E-state index contributed by atoms with van der Waals surface area (Å²) in [7, 11) is 0. The summed E-state index contributed by atoms with van der Waals surface area (Å²) in [6.45, 7) is 7.63. The number of carbonyl (C=O) groups excluding carboxylic acids is 2. The highest BCUT2D eigenvalue weighted by Gasteiger charge is 2.25. The number of nitrogens with zero attached hydrogens (tertiary/aromatic N) is 1. The molecular weight excluding hydrogens is 478 g/mol. The molecule has 36 heavy (non-hydrogen) atoms. The van der Waals surface area contributed by atoms with E-state index < -0.39 is 23.9 Å². The van der Waals surface area contributed by atoms with Crippen molar-refractivity contribution in [2.24, 2.45) is 11.8 Å². The van der Waals surface area contributed by atoms with Gasteiger partial charge in [-0.1, -0.05) is 64.4 Å². The van der Waals surface area contributed by atoms with E-state index in [0.717, 1.165) is 18.4 Å². The van der Waals surface area contributed by atoms with Crippen LogP contribution in [-0.4, -0.2) is 45.1 Å². The fourth-order valence-electron chi connectivity index (χ4n) is 3.88. The van der Waals surface area contributed by atoms with Crippen LogP contribution in [0.15, 0.2) is 35.7 Å². The van der Waals surface area contributed by atoms with E-state index >= 15 is 0 Å². The van der Waals surface area contributed by atoms with Crippen LogP contribution in [0.2, 0.25) is 0 Å². The van der Waals surface area contributed by atoms with Gasteiger partial charge < -0.3 is 20.8 Å². The smallest absolute Gasteiger partial charge is 0.306 e. The molecule has 2 aromatic rings. The first-order valence-corrected chi connectivity index (χ1v) is 13.5. The van der Waals surface area contributed by atoms with Gasteiger partial charge in [-0.15, -0.1) is 11.3 Å². The van der Waals surface area contributed by atoms with Gasteiger partial charge in [0.1, 0.15) is 16.8 Å². The molecule has 1 aromatic heterocycles. The quantitative estimate of drug-likeness (QED) is 0.278. The lowest BCUT2D eigenvalue weighted by Gasteiger charge is -2.24. The Morgan fingerprint density at radius 2 is 1.75 bits per heavy atom. The molecule has 4 atom stereocenters. The van der Waals surface area contributed by atoms with Crippen molar-refractivity contribution in [3.63, 3.8) is 0 Å². The summed E-state index contributed by atoms with van der Waals surface area (Å²) < 4.78 is 0. The highest BCUT2D eigenvalue weighted by atomic mass is 32.1. The van der Waals surface area contributed by atoms with Crippen LogP contribution < -0.4 is 10.6 Å². The molecule has 1 heterocycles. The predicted molar refractivity (Wildman–Crippen MR) is 141 cm³/mol. The Kier molecular flexibility index (Phi) is 12.0. The molecule has 9 heteroatoms. The molecular formula is C27H39N3O5S. The highest BCUT2D eigenvalue weighted by Crippen LogP contribution is 2.25. The number of carboxylic acids is 1. The molecule has 0 bridgehead atoms. The van der Waals surface area contributed by atoms with Gasteiger partial charge in [0, 0.05) is 30.3 Å². The summed E-state index contributed by atoms with van der Waals surface area (Å²) in [6.07, 6.45) is 2.39. The second kappa shape index (κ2) is 14.7. The van der Waals surface area contributed by atoms with Gasteiger partial charge in [0.05, 0.1) is 5.92 Å². The molecule has 1 aromatic carbocycles. The van der Waals surface area contributed by atoms with Crippen LogP contribution in [-0.2, 0) is 16.0 Å². The predicted octanol–water partition coefficient (Wildman–Crippen LogP) is 4.35. The molecule has 0 aliphatic rings. The minimum absolute atomic E-state index is 0.0259. The lowest BCUT2D eigenvalue weighted by molar-refractivity contribution is -0.141. The average molecular weight is 518 g/mol. The summed E-state index contributed by atoms with van der Waals surface area (Å²) in [4.78, 5) is 40.9. The maximum atomic E-state index is 13.0. The van der Waals surface area contributed by atoms with Crippen molar-refractivity contribution in [1.29, 1.82) is 0 Å². The van der Waals surface area contributed by atoms with E-state index in [-0.39, 0.29) is 36.0 Å². The number of rotatable bonds is 15. The molecule has 0 fully saturated rings. The lowest BCUT2D eigenvalue weighted by atomic mass is 9.96. The number of aliphatic hydroxyl groups is 1. The minimum Gasteiger partial charge on any atom is -0.481 e. The molecule has 2 rings (SSSR count). The summed E-state index contributed by atoms with van der Waals surface area (Å²) in [5.74, 6) is -1.84. The highest BCUT2D eigenvalue weighted by molar-refractivity contribution is 7.09. The van der Waals surface area contributed by atoms with Crippen LogP contribution in [0.1, 0.15) is 87.0 Å². The van der Waals surface area contributed by atoms with Gasteiger partial charge in [-0.25, -0.2) is 4.98 Å². The second-order valence-electron chi connectivity index (χ2n) is 9.68. The van der Waals surface area contributed by atoms with Gasteiger partial charge in [-0.05, 0) is 30.7 Å². The van der Waals surface area contributed by atoms with E-state index in [1.54, 1.807) is 12.3 Å². The van der Waals surface area contributed by atoms with Crippen LogP contribution in [0, 0.1) is 11.8 Å². The van der Waals surface area contributed by atoms with E-state index in [1.165, 1.54) is 11.3 Å². The molecule has 8 nitrogen and oxygen atoms in total. The second-order valence-corrected chi connectivity index (χ2v) is 10.6. The molecule has 0 aliphatic heterocycles. The largest absolute Gasteiger partial charge is 0.481 e. The molecule has 0 saturated carbocycles. The maximum absolute atomic E-state index is 13.0. The Balaban J connectivity index is 2.05. The number of aromatic nitrogens is 1. The third-order valence-electron chi connectivity index (χ3n) is 6.15. The van der Waals surface area contributed by atoms with Crippen LogP contribution in [0.4, 0.5) is 0 Å². The monoisotopic (exact) mass is 517 g/mol. The van der Waals surface area contributed by atoms with Crippen molar-refractivity contribution in [2.75, 3.05) is 0 Å². The first-order valence-electron chi connectivity index (χ1n) is 12.6. The Morgan fingerprint density at radius 3 is 2.36 bits per heavy atom. The van der Waals surface area contributed by atoms with Crippen molar-refractivity contribution in [3.8, 4) is 0 Å². The number of hydrogen-bond donors (Lipinski definition) is 4. The number of benzene rings is 1. The van der Waals surface area contributed by atoms with Crippen LogP contribution in [0.25, 0.3) is 0 Å². The van der Waals surface area contributed by atoms with Crippen LogP contribution in [0.3, 0.4) is 0 Å². The Morgan fingerprint density at radius 1 is 1.06 bits per heavy atom. The van der Waals surface area contributed by atoms with E-state index in [1.807, 2.05) is 51.1 Å². The van der Waals surface area contributed by atoms with Gasteiger partial charge in [0.15, 0.2) is 0 Å². The maximum Gasteiger partial charge on any atom is 0.306 e. The number of thiazole rings is 1. The minimum atomic E-state index is -0.914. The summed E-state index contributed by atoms with van der Waals surface area (Å²) in [5, 5.41) is 28.1. The number of hydrogen-bond acceptors (Lipinski definition) is 6. The van der Waals surface area contributed by atoms with Crippen molar-refractivity contribution < 1.29 is 24.6 Å². The number of nitrogens with one attached hydrogen (secondary N) is 2. The molecule has 4 unspecified atom stereocenters. The molecule has 4 N–H and O–H groups in total. The summed E-state index contributed by atoms with van der Waals surface area (Å²) in [5.41, 5.74) is 1.18. The van der Waals surface area contributed by atoms with E-state index in [9.17, 15) is 24.6 Å². The van der Waals surface area contributed by atoms with Crippen molar-refractivity contribution >= 4 is 29.1 Å². The average Bonchev–Trinajstić information content (AvgIpc) is 3.33. The topological polar surface area (TPSA) is 129 Å². The zero-order valence-electron chi connectivity index (χ0n) is 21.6. The lowest BCUT2D eigenvalue weighted by Crippen LogP contribution is -2.39. The fourth-order valence-corrected chi connectivity index (χ4v) is 4.68. The van der Waals surface area contributed by atoms with E-state index in [0.29, 0.717) is 24.3 Å². The van der Waals surface area contributed by atoms with Gasteiger partial charge in [0.2, 0.25) is 5.91 Å². The Labute approximate surface area is 217 Å². The fraction of sp³-hybridized carbons (Fsp3) is 0.556. The molecule has 0 spiro atoms. The van der Waals surface area contributed by atoms with E-state index in [4.69, 9.17) is 0 Å². The number of unbranched alkanes of at least 4 members (excludes halogenated alkanes) is 1. The number of amides is 2. The number of carboxylic acid groups (broad SMARTS) is 1. The van der Waals surface area contributed by atoms with Gasteiger partial charge >= 0.3 is 5.97 Å². The zero-order chi connectivity index (χ0) is 26.7. The summed E-state index contributed by atoms with van der Waals surface area (Å²) >= 11 is 1.19. The first-order chi connectivity index (χ1) is 17.1. The number of aliphatic carboxylic acids is 1. The van der Waals surface area contributed by atoms with Gasteiger partial charge in [-0.2, -0.15) is 0 Å². The van der Waals surface area contributed by atoms with Crippen LogP contribution in [0.5, 0.6) is 0 Å². The van der Waals surface area contributed by atoms with Gasteiger partial charge in [-0.3, -0.25) is 14.4 Å². The number of aliphatic hydroxyl groups excluding tert-OH is 1. The van der Waals surface area contributed by atoms with Crippen LogP contribution >= 0.6 is 11.3 Å². The van der Waals surface area contributed by atoms with E-state index in [2.05, 4.69) is 15.6 Å². The SMILES string of the molecule is CCCCC(=O)NC(CC(O)c1nc(C(=O)NC(Cc2ccccc2)CC(C)C(=O)O)cs1)C(C)C. The third-order valence-corrected chi connectivity index (χ3v) is 7.09. The first kappa shape index (κ1) is 29.5. The Bertz CT molecular complexity index is 979. The Hall–Kier alpha value is -2.78. The van der Waals surface area contributed by atoms with Crippen molar-refractivity contribution in [3.05, 3.63) is 52.0 Å². The normalized spacial score (nSPS) is 14.6. The molecule has 198 valence electrons. The zero-order valence-corrected chi connectivity index (χ0v) is 22.4. The molecule has 0 radical (unpaired) electrons. The standard InChI is InChI=1S/C27H39N3O5S/c1-5-6-12-24(32)29-21(17(2)3)15-23(31)26-30-22(16-36-26)25(33)28-20(13-18(4)27(34)35)14-19-10-8-7-9-11-19/h7-11,16-18,20-21,23,31H,5-6,12-15H2,1-4H3,(H,28,33)(H,29,32)(H,34,35). The van der Waals surface area contributed by atoms with Gasteiger partial charge in [0.25, 0.3) is 5.91 Å². The molecule has 0 aliphatic carbocycles. The number of carbonyl (C=O) groups is 3. The molecule has 2 amide bonds. The van der Waals surface area contributed by atoms with Crippen molar-refractivity contribution in [1.82, 2.24) is 15.6 Å². The molecule has 0 saturated heterocycles. The van der Waals surface area contributed by atoms with Crippen molar-refractivity contribution in [2.45, 2.75) is 84.4 Å². The third kappa shape index (κ3) is 9.70. The summed E-state index contributed by atoms with van der Waals surface area (Å²) in [6, 6.07) is 8.99.